The van der Waals surface area contributed by atoms with Crippen molar-refractivity contribution < 1.29 is 0 Å². The topological polar surface area (TPSA) is 12.0 Å². The van der Waals surface area contributed by atoms with Crippen molar-refractivity contribution in [2.45, 2.75) is 70.8 Å². The molecule has 0 aromatic heterocycles. The number of hydrogen-bond acceptors (Lipinski definition) is 1. The summed E-state index contributed by atoms with van der Waals surface area (Å²) in [6.07, 6.45) is 13.3. The summed E-state index contributed by atoms with van der Waals surface area (Å²) in [5, 5.41) is 3.85. The first-order valence-electron chi connectivity index (χ1n) is 8.15. The van der Waals surface area contributed by atoms with Gasteiger partial charge in [-0.3, -0.25) is 0 Å². The molecule has 0 amide bonds. The van der Waals surface area contributed by atoms with E-state index in [1.54, 1.807) is 19.3 Å². The van der Waals surface area contributed by atoms with Crippen molar-refractivity contribution in [3.8, 4) is 0 Å². The van der Waals surface area contributed by atoms with E-state index in [1.807, 2.05) is 0 Å². The van der Waals surface area contributed by atoms with Gasteiger partial charge in [0, 0.05) is 6.04 Å². The van der Waals surface area contributed by atoms with E-state index in [0.29, 0.717) is 0 Å². The molecule has 4 unspecified atom stereocenters. The standard InChI is InChI=1S/C16H29N/c1-2-3-4-5-6-7-10-17-16-14-12-8-9-13(11-12)15(14)16/h12-17H,2-11H2,1H3. The number of hydrogen-bond donors (Lipinski definition) is 1. The highest BCUT2D eigenvalue weighted by Gasteiger charge is 2.64. The van der Waals surface area contributed by atoms with Gasteiger partial charge in [-0.05, 0) is 55.9 Å². The molecule has 3 fully saturated rings. The maximum Gasteiger partial charge on any atom is 0.0135 e. The molecule has 1 N–H and O–H groups in total. The van der Waals surface area contributed by atoms with E-state index in [0.717, 1.165) is 29.7 Å². The number of nitrogens with one attached hydrogen (secondary N) is 1. The molecule has 0 aromatic rings. The number of rotatable bonds is 8. The molecule has 3 saturated carbocycles. The predicted octanol–water partition coefficient (Wildman–Crippen LogP) is 3.98. The molecule has 0 saturated heterocycles. The van der Waals surface area contributed by atoms with Crippen LogP contribution in [-0.2, 0) is 0 Å². The van der Waals surface area contributed by atoms with Crippen molar-refractivity contribution in [3.63, 3.8) is 0 Å². The second kappa shape index (κ2) is 5.30. The largest absolute Gasteiger partial charge is 0.313 e. The molecular weight excluding hydrogens is 206 g/mol. The zero-order valence-electron chi connectivity index (χ0n) is 11.5. The van der Waals surface area contributed by atoms with Gasteiger partial charge in [0.2, 0.25) is 0 Å². The van der Waals surface area contributed by atoms with Crippen LogP contribution in [0.25, 0.3) is 0 Å². The first-order valence-corrected chi connectivity index (χ1v) is 8.15. The maximum absolute atomic E-state index is 3.85. The van der Waals surface area contributed by atoms with Gasteiger partial charge < -0.3 is 5.32 Å². The summed E-state index contributed by atoms with van der Waals surface area (Å²) in [6.45, 7) is 3.59. The normalized spacial score (nSPS) is 41.8. The average Bonchev–Trinajstić information content (AvgIpc) is 2.74. The minimum atomic E-state index is 0.955. The summed E-state index contributed by atoms with van der Waals surface area (Å²) < 4.78 is 0. The maximum atomic E-state index is 3.85. The molecule has 2 bridgehead atoms. The smallest absolute Gasteiger partial charge is 0.0135 e. The Labute approximate surface area is 107 Å². The Morgan fingerprint density at radius 1 is 0.882 bits per heavy atom. The third-order valence-corrected chi connectivity index (χ3v) is 5.65. The molecule has 1 nitrogen and oxygen atoms in total. The minimum absolute atomic E-state index is 0.955. The SMILES string of the molecule is CCCCCCCCNC1C2C3CCC(C3)C12. The number of fused-ring (bicyclic) bond motifs is 5. The molecule has 0 aromatic carbocycles. The fourth-order valence-corrected chi connectivity index (χ4v) is 4.77. The lowest BCUT2D eigenvalue weighted by atomic mass is 10.0. The Balaban J connectivity index is 1.23. The fourth-order valence-electron chi connectivity index (χ4n) is 4.77. The van der Waals surface area contributed by atoms with Crippen molar-refractivity contribution >= 4 is 0 Å². The van der Waals surface area contributed by atoms with Crippen LogP contribution in [0.4, 0.5) is 0 Å². The van der Waals surface area contributed by atoms with Gasteiger partial charge in [0.1, 0.15) is 0 Å². The Hall–Kier alpha value is -0.0400. The molecule has 0 radical (unpaired) electrons. The van der Waals surface area contributed by atoms with Crippen LogP contribution in [-0.4, -0.2) is 12.6 Å². The minimum Gasteiger partial charge on any atom is -0.313 e. The van der Waals surface area contributed by atoms with Crippen LogP contribution in [0, 0.1) is 23.7 Å². The highest BCUT2D eigenvalue weighted by Crippen LogP contribution is 2.65. The quantitative estimate of drug-likeness (QED) is 0.627. The van der Waals surface area contributed by atoms with Gasteiger partial charge in [0.15, 0.2) is 0 Å². The van der Waals surface area contributed by atoms with Gasteiger partial charge in [0.05, 0.1) is 0 Å². The van der Waals surface area contributed by atoms with Gasteiger partial charge in [0.25, 0.3) is 0 Å². The second-order valence-electron chi connectivity index (χ2n) is 6.74. The van der Waals surface area contributed by atoms with Crippen molar-refractivity contribution in [1.82, 2.24) is 5.32 Å². The molecule has 3 aliphatic carbocycles. The van der Waals surface area contributed by atoms with Gasteiger partial charge >= 0.3 is 0 Å². The first kappa shape index (κ1) is 12.0. The van der Waals surface area contributed by atoms with Crippen LogP contribution in [0.15, 0.2) is 0 Å². The molecule has 3 rings (SSSR count). The molecule has 3 aliphatic rings. The zero-order chi connectivity index (χ0) is 11.7. The molecule has 0 spiro atoms. The van der Waals surface area contributed by atoms with E-state index >= 15 is 0 Å². The third-order valence-electron chi connectivity index (χ3n) is 5.65. The van der Waals surface area contributed by atoms with E-state index in [2.05, 4.69) is 12.2 Å². The van der Waals surface area contributed by atoms with Crippen LogP contribution in [0.5, 0.6) is 0 Å². The lowest BCUT2D eigenvalue weighted by Crippen LogP contribution is -2.23. The summed E-state index contributed by atoms with van der Waals surface area (Å²) in [5.74, 6) is 4.50. The monoisotopic (exact) mass is 235 g/mol. The van der Waals surface area contributed by atoms with E-state index in [-0.39, 0.29) is 0 Å². The lowest BCUT2D eigenvalue weighted by Gasteiger charge is -2.10. The third kappa shape index (κ3) is 2.41. The molecule has 98 valence electrons. The summed E-state index contributed by atoms with van der Waals surface area (Å²) >= 11 is 0. The Morgan fingerprint density at radius 3 is 2.24 bits per heavy atom. The van der Waals surface area contributed by atoms with Crippen LogP contribution in [0.3, 0.4) is 0 Å². The molecular formula is C16H29N. The highest BCUT2D eigenvalue weighted by molar-refractivity contribution is 5.16. The van der Waals surface area contributed by atoms with Gasteiger partial charge in [-0.15, -0.1) is 0 Å². The van der Waals surface area contributed by atoms with Crippen LogP contribution in [0.2, 0.25) is 0 Å². The molecule has 1 heteroatoms. The summed E-state index contributed by atoms with van der Waals surface area (Å²) in [4.78, 5) is 0. The van der Waals surface area contributed by atoms with E-state index in [9.17, 15) is 0 Å². The molecule has 0 heterocycles. The predicted molar refractivity (Wildman–Crippen MR) is 73.0 cm³/mol. The molecule has 0 aliphatic heterocycles. The summed E-state index contributed by atoms with van der Waals surface area (Å²) in [5.41, 5.74) is 0. The van der Waals surface area contributed by atoms with Crippen molar-refractivity contribution in [2.75, 3.05) is 6.54 Å². The van der Waals surface area contributed by atoms with Crippen LogP contribution < -0.4 is 5.32 Å². The Morgan fingerprint density at radius 2 is 1.53 bits per heavy atom. The Bertz CT molecular complexity index is 234. The van der Waals surface area contributed by atoms with Gasteiger partial charge in [-0.2, -0.15) is 0 Å². The summed E-state index contributed by atoms with van der Waals surface area (Å²) in [7, 11) is 0. The fraction of sp³-hybridized carbons (Fsp3) is 1.00. The lowest BCUT2D eigenvalue weighted by molar-refractivity contribution is 0.454. The van der Waals surface area contributed by atoms with E-state index in [4.69, 9.17) is 0 Å². The first-order chi connectivity index (χ1) is 8.42. The molecule has 4 atom stereocenters. The highest BCUT2D eigenvalue weighted by atomic mass is 15.0. The van der Waals surface area contributed by atoms with Crippen molar-refractivity contribution in [1.29, 1.82) is 0 Å². The number of unbranched alkanes of at least 4 members (excludes halogenated alkanes) is 5. The Kier molecular flexibility index (Phi) is 3.75. The van der Waals surface area contributed by atoms with Gasteiger partial charge in [-0.1, -0.05) is 39.0 Å². The molecule has 17 heavy (non-hydrogen) atoms. The van der Waals surface area contributed by atoms with Crippen LogP contribution in [0.1, 0.15) is 64.7 Å². The van der Waals surface area contributed by atoms with Crippen LogP contribution >= 0.6 is 0 Å². The van der Waals surface area contributed by atoms with Crippen molar-refractivity contribution in [2.24, 2.45) is 23.7 Å². The zero-order valence-corrected chi connectivity index (χ0v) is 11.5. The summed E-state index contributed by atoms with van der Waals surface area (Å²) in [6, 6.07) is 0.955. The average molecular weight is 235 g/mol. The van der Waals surface area contributed by atoms with E-state index < -0.39 is 0 Å². The second-order valence-corrected chi connectivity index (χ2v) is 6.74. The van der Waals surface area contributed by atoms with Gasteiger partial charge in [-0.25, -0.2) is 0 Å². The van der Waals surface area contributed by atoms with Crippen molar-refractivity contribution in [3.05, 3.63) is 0 Å². The van der Waals surface area contributed by atoms with E-state index in [1.165, 1.54) is 45.1 Å².